The molecule has 5 heteroatoms. The van der Waals surface area contributed by atoms with Gasteiger partial charge in [-0.05, 0) is 6.42 Å². The molecule has 0 saturated carbocycles. The van der Waals surface area contributed by atoms with Crippen LogP contribution in [0, 0.1) is 0 Å². The van der Waals surface area contributed by atoms with Gasteiger partial charge in [-0.15, -0.1) is 0 Å². The lowest BCUT2D eigenvalue weighted by Gasteiger charge is -2.27. The number of amides is 1. The van der Waals surface area contributed by atoms with Crippen LogP contribution >= 0.6 is 17.9 Å². The standard InChI is InChI=1S/C9H20NO2PS/c1-6-8(3)14-13(12,7-2)10(5)9(4)11/h8H,6-7H2,1-5H3. The summed E-state index contributed by atoms with van der Waals surface area (Å²) in [6.07, 6.45) is 1.51. The van der Waals surface area contributed by atoms with Gasteiger partial charge in [-0.2, -0.15) is 0 Å². The Bertz CT molecular complexity index is 245. The molecule has 0 radical (unpaired) electrons. The van der Waals surface area contributed by atoms with Gasteiger partial charge in [0.2, 0.25) is 12.4 Å². The third kappa shape index (κ3) is 3.66. The summed E-state index contributed by atoms with van der Waals surface area (Å²) in [6, 6.07) is 0. The molecule has 0 aromatic carbocycles. The minimum atomic E-state index is -2.52. The highest BCUT2D eigenvalue weighted by Crippen LogP contribution is 2.62. The minimum Gasteiger partial charge on any atom is -0.288 e. The van der Waals surface area contributed by atoms with Crippen molar-refractivity contribution in [3.8, 4) is 0 Å². The van der Waals surface area contributed by atoms with Crippen LogP contribution in [0.25, 0.3) is 0 Å². The Morgan fingerprint density at radius 2 is 2.00 bits per heavy atom. The number of rotatable bonds is 5. The van der Waals surface area contributed by atoms with E-state index >= 15 is 0 Å². The largest absolute Gasteiger partial charge is 0.288 e. The van der Waals surface area contributed by atoms with E-state index < -0.39 is 6.49 Å². The summed E-state index contributed by atoms with van der Waals surface area (Å²) < 4.78 is 13.8. The van der Waals surface area contributed by atoms with Gasteiger partial charge in [0.15, 0.2) is 0 Å². The molecule has 0 aromatic rings. The predicted molar refractivity (Wildman–Crippen MR) is 63.9 cm³/mol. The van der Waals surface area contributed by atoms with Gasteiger partial charge in [-0.3, -0.25) is 14.0 Å². The highest BCUT2D eigenvalue weighted by atomic mass is 32.7. The molecule has 1 amide bonds. The molecule has 2 unspecified atom stereocenters. The maximum atomic E-state index is 12.4. The molecule has 84 valence electrons. The van der Waals surface area contributed by atoms with Crippen LogP contribution in [0.4, 0.5) is 0 Å². The Morgan fingerprint density at radius 1 is 1.50 bits per heavy atom. The van der Waals surface area contributed by atoms with E-state index in [0.717, 1.165) is 6.42 Å². The Morgan fingerprint density at radius 3 is 2.29 bits per heavy atom. The molecule has 0 spiro atoms. The molecular formula is C9H20NO2PS. The van der Waals surface area contributed by atoms with Crippen molar-refractivity contribution in [2.45, 2.75) is 39.4 Å². The molecule has 0 aromatic heterocycles. The first kappa shape index (κ1) is 14.1. The molecule has 2 atom stereocenters. The lowest BCUT2D eigenvalue weighted by molar-refractivity contribution is -0.123. The first-order chi connectivity index (χ1) is 6.37. The highest BCUT2D eigenvalue weighted by molar-refractivity contribution is 8.57. The van der Waals surface area contributed by atoms with Crippen LogP contribution in [0.15, 0.2) is 0 Å². The SMILES string of the molecule is CCC(C)SP(=O)(CC)N(C)C(C)=O. The second-order valence-electron chi connectivity index (χ2n) is 3.32. The molecule has 0 bridgehead atoms. The summed E-state index contributed by atoms with van der Waals surface area (Å²) in [7, 11) is 1.63. The smallest absolute Gasteiger partial charge is 0.227 e. The van der Waals surface area contributed by atoms with Crippen LogP contribution in [-0.2, 0) is 9.36 Å². The van der Waals surface area contributed by atoms with E-state index in [9.17, 15) is 9.36 Å². The van der Waals surface area contributed by atoms with E-state index in [0.29, 0.717) is 11.4 Å². The van der Waals surface area contributed by atoms with E-state index in [1.54, 1.807) is 7.05 Å². The topological polar surface area (TPSA) is 37.4 Å². The van der Waals surface area contributed by atoms with Crippen LogP contribution in [0.3, 0.4) is 0 Å². The molecule has 0 rings (SSSR count). The summed E-state index contributed by atoms with van der Waals surface area (Å²) in [6.45, 7) is 4.91. The first-order valence-corrected chi connectivity index (χ1v) is 8.22. The fraction of sp³-hybridized carbons (Fsp3) is 0.889. The predicted octanol–water partition coefficient (Wildman–Crippen LogP) is 3.21. The second-order valence-corrected chi connectivity index (χ2v) is 9.19. The zero-order valence-corrected chi connectivity index (χ0v) is 11.3. The van der Waals surface area contributed by atoms with E-state index in [1.165, 1.54) is 23.0 Å². The van der Waals surface area contributed by atoms with E-state index in [2.05, 4.69) is 6.92 Å². The number of nitrogens with zero attached hydrogens (tertiary/aromatic N) is 1. The average molecular weight is 237 g/mol. The van der Waals surface area contributed by atoms with E-state index in [-0.39, 0.29) is 5.91 Å². The molecule has 0 N–H and O–H groups in total. The zero-order valence-electron chi connectivity index (χ0n) is 9.61. The number of hydrogen-bond donors (Lipinski definition) is 0. The van der Waals surface area contributed by atoms with Crippen molar-refractivity contribution in [3.63, 3.8) is 0 Å². The summed E-state index contributed by atoms with van der Waals surface area (Å²) in [5.74, 6) is -0.119. The minimum absolute atomic E-state index is 0.119. The van der Waals surface area contributed by atoms with Crippen LogP contribution in [0.5, 0.6) is 0 Å². The van der Waals surface area contributed by atoms with Crippen molar-refractivity contribution < 1.29 is 9.36 Å². The quantitative estimate of drug-likeness (QED) is 0.689. The highest BCUT2D eigenvalue weighted by Gasteiger charge is 2.29. The molecule has 0 aliphatic heterocycles. The molecule has 0 saturated heterocycles. The lowest BCUT2D eigenvalue weighted by Crippen LogP contribution is -2.21. The number of carbonyl (C=O) groups is 1. The van der Waals surface area contributed by atoms with E-state index in [1.807, 2.05) is 13.8 Å². The van der Waals surface area contributed by atoms with Crippen molar-refractivity contribution in [2.75, 3.05) is 13.2 Å². The summed E-state index contributed by atoms with van der Waals surface area (Å²) in [5.41, 5.74) is 0. The van der Waals surface area contributed by atoms with Gasteiger partial charge >= 0.3 is 0 Å². The monoisotopic (exact) mass is 237 g/mol. The van der Waals surface area contributed by atoms with E-state index in [4.69, 9.17) is 0 Å². The van der Waals surface area contributed by atoms with Gasteiger partial charge in [0.05, 0.1) is 0 Å². The number of carbonyl (C=O) groups excluding carboxylic acids is 1. The third-order valence-corrected chi connectivity index (χ3v) is 8.83. The Balaban J connectivity index is 4.63. The van der Waals surface area contributed by atoms with Crippen LogP contribution < -0.4 is 0 Å². The molecule has 14 heavy (non-hydrogen) atoms. The van der Waals surface area contributed by atoms with Crippen molar-refractivity contribution in [1.29, 1.82) is 0 Å². The van der Waals surface area contributed by atoms with Crippen LogP contribution in [0.2, 0.25) is 0 Å². The van der Waals surface area contributed by atoms with Gasteiger partial charge in [0.1, 0.15) is 0 Å². The van der Waals surface area contributed by atoms with Crippen molar-refractivity contribution in [2.24, 2.45) is 0 Å². The second kappa shape index (κ2) is 5.82. The Labute approximate surface area is 90.8 Å². The molecule has 0 aliphatic rings. The Kier molecular flexibility index (Phi) is 5.84. The molecule has 0 heterocycles. The maximum Gasteiger partial charge on any atom is 0.227 e. The summed E-state index contributed by atoms with van der Waals surface area (Å²) >= 11 is 1.44. The third-order valence-electron chi connectivity index (χ3n) is 2.23. The van der Waals surface area contributed by atoms with Crippen molar-refractivity contribution in [3.05, 3.63) is 0 Å². The maximum absolute atomic E-state index is 12.4. The van der Waals surface area contributed by atoms with Gasteiger partial charge in [-0.25, -0.2) is 0 Å². The lowest BCUT2D eigenvalue weighted by atomic mass is 10.4. The fourth-order valence-corrected chi connectivity index (χ4v) is 6.13. The fourth-order valence-electron chi connectivity index (χ4n) is 0.928. The average Bonchev–Trinajstić information content (AvgIpc) is 2.15. The molecular weight excluding hydrogens is 217 g/mol. The Hall–Kier alpha value is 0.0500. The number of hydrogen-bond acceptors (Lipinski definition) is 3. The van der Waals surface area contributed by atoms with Crippen molar-refractivity contribution >= 4 is 23.8 Å². The normalized spacial score (nSPS) is 17.2. The zero-order chi connectivity index (χ0) is 11.4. The van der Waals surface area contributed by atoms with Gasteiger partial charge in [0.25, 0.3) is 0 Å². The van der Waals surface area contributed by atoms with Gasteiger partial charge < -0.3 is 0 Å². The molecule has 0 fully saturated rings. The summed E-state index contributed by atoms with van der Waals surface area (Å²) in [5, 5.41) is 0.336. The van der Waals surface area contributed by atoms with Gasteiger partial charge in [0, 0.05) is 25.4 Å². The first-order valence-electron chi connectivity index (χ1n) is 4.89. The van der Waals surface area contributed by atoms with Gasteiger partial charge in [-0.1, -0.05) is 32.2 Å². The van der Waals surface area contributed by atoms with Crippen LogP contribution in [0.1, 0.15) is 34.1 Å². The molecule has 3 nitrogen and oxygen atoms in total. The van der Waals surface area contributed by atoms with Crippen molar-refractivity contribution in [1.82, 2.24) is 4.67 Å². The molecule has 0 aliphatic carbocycles. The van der Waals surface area contributed by atoms with Crippen LogP contribution in [-0.4, -0.2) is 29.0 Å². The summed E-state index contributed by atoms with van der Waals surface area (Å²) in [4.78, 5) is 11.2.